The smallest absolute Gasteiger partial charge is 0.471 e. The molecule has 0 fully saturated rings. The van der Waals surface area contributed by atoms with Gasteiger partial charge in [0.2, 0.25) is 5.88 Å². The molecule has 9 heteroatoms. The fourth-order valence-electron chi connectivity index (χ4n) is 1.01. The fourth-order valence-corrected chi connectivity index (χ4v) is 1.01. The number of methoxy groups -OCH3 is 1. The molecule has 1 heterocycles. The number of nitrogens with zero attached hydrogens (tertiary/aromatic N) is 1. The molecule has 0 saturated carbocycles. The topological polar surface area (TPSA) is 88.5 Å². The van der Waals surface area contributed by atoms with Crippen LogP contribution in [0.25, 0.3) is 0 Å². The van der Waals surface area contributed by atoms with Crippen molar-refractivity contribution in [1.29, 1.82) is 0 Å². The molecular formula is C9H7F3N2O4. The Morgan fingerprint density at radius 3 is 2.50 bits per heavy atom. The van der Waals surface area contributed by atoms with Crippen molar-refractivity contribution in [3.63, 3.8) is 0 Å². The average molecular weight is 264 g/mol. The lowest BCUT2D eigenvalue weighted by Gasteiger charge is -2.11. The van der Waals surface area contributed by atoms with Gasteiger partial charge in [0.1, 0.15) is 5.69 Å². The Kier molecular flexibility index (Phi) is 3.74. The van der Waals surface area contributed by atoms with Crippen LogP contribution in [0.2, 0.25) is 0 Å². The number of carboxylic acid groups (broad SMARTS) is 1. The maximum absolute atomic E-state index is 12.0. The first-order valence-corrected chi connectivity index (χ1v) is 4.41. The Balaban J connectivity index is 3.09. The Morgan fingerprint density at radius 2 is 2.06 bits per heavy atom. The number of alkyl halides is 3. The number of pyridine rings is 1. The predicted molar refractivity (Wildman–Crippen MR) is 52.4 cm³/mol. The van der Waals surface area contributed by atoms with Gasteiger partial charge in [0, 0.05) is 6.20 Å². The molecule has 0 radical (unpaired) electrons. The lowest BCUT2D eigenvalue weighted by atomic mass is 10.2. The van der Waals surface area contributed by atoms with Gasteiger partial charge in [-0.15, -0.1) is 0 Å². The van der Waals surface area contributed by atoms with E-state index in [-0.39, 0.29) is 11.4 Å². The lowest BCUT2D eigenvalue weighted by Crippen LogP contribution is -2.30. The van der Waals surface area contributed by atoms with Crippen molar-refractivity contribution in [3.8, 4) is 5.88 Å². The molecule has 0 unspecified atom stereocenters. The highest BCUT2D eigenvalue weighted by molar-refractivity contribution is 5.97. The number of hydrogen-bond donors (Lipinski definition) is 2. The first-order valence-electron chi connectivity index (χ1n) is 4.41. The quantitative estimate of drug-likeness (QED) is 0.858. The number of aromatic carboxylic acids is 1. The van der Waals surface area contributed by atoms with E-state index in [0.717, 1.165) is 19.4 Å². The monoisotopic (exact) mass is 264 g/mol. The second-order valence-electron chi connectivity index (χ2n) is 3.04. The predicted octanol–water partition coefficient (Wildman–Crippen LogP) is 1.29. The van der Waals surface area contributed by atoms with Crippen LogP contribution < -0.4 is 10.1 Å². The molecule has 18 heavy (non-hydrogen) atoms. The second-order valence-corrected chi connectivity index (χ2v) is 3.04. The minimum atomic E-state index is -5.09. The van der Waals surface area contributed by atoms with Gasteiger partial charge in [-0.1, -0.05) is 0 Å². The standard InChI is InChI=1S/C9H7F3N2O4/c1-18-6-5(14-8(17)9(10,11)12)2-4(3-13-6)7(15)16/h2-3H,1H3,(H,14,17)(H,15,16). The summed E-state index contributed by atoms with van der Waals surface area (Å²) in [6.07, 6.45) is -4.20. The summed E-state index contributed by atoms with van der Waals surface area (Å²) in [5.74, 6) is -3.96. The molecule has 0 aromatic carbocycles. The summed E-state index contributed by atoms with van der Waals surface area (Å²) in [4.78, 5) is 24.8. The van der Waals surface area contributed by atoms with E-state index in [4.69, 9.17) is 5.11 Å². The van der Waals surface area contributed by atoms with Crippen LogP contribution >= 0.6 is 0 Å². The van der Waals surface area contributed by atoms with E-state index in [1.807, 2.05) is 0 Å². The highest BCUT2D eigenvalue weighted by Crippen LogP contribution is 2.25. The van der Waals surface area contributed by atoms with E-state index in [1.165, 1.54) is 5.32 Å². The van der Waals surface area contributed by atoms with Crippen LogP contribution in [0.3, 0.4) is 0 Å². The molecule has 0 aliphatic rings. The van der Waals surface area contributed by atoms with Crippen LogP contribution in [0, 0.1) is 0 Å². The maximum Gasteiger partial charge on any atom is 0.471 e. The zero-order chi connectivity index (χ0) is 13.9. The lowest BCUT2D eigenvalue weighted by molar-refractivity contribution is -0.167. The van der Waals surface area contributed by atoms with Gasteiger partial charge in [0.05, 0.1) is 12.7 Å². The highest BCUT2D eigenvalue weighted by atomic mass is 19.4. The molecule has 0 saturated heterocycles. The molecule has 1 aromatic rings. The van der Waals surface area contributed by atoms with Crippen LogP contribution in [0.1, 0.15) is 10.4 Å². The molecule has 0 aliphatic carbocycles. The first-order chi connectivity index (χ1) is 8.25. The minimum absolute atomic E-state index is 0.322. The van der Waals surface area contributed by atoms with Crippen LogP contribution in [0.4, 0.5) is 18.9 Å². The largest absolute Gasteiger partial charge is 0.480 e. The summed E-state index contributed by atoms with van der Waals surface area (Å²) < 4.78 is 40.7. The van der Waals surface area contributed by atoms with Gasteiger partial charge < -0.3 is 15.2 Å². The number of nitrogens with one attached hydrogen (secondary N) is 1. The minimum Gasteiger partial charge on any atom is -0.480 e. The normalized spacial score (nSPS) is 10.9. The number of aromatic nitrogens is 1. The first kappa shape index (κ1) is 13.7. The number of rotatable bonds is 3. The summed E-state index contributed by atoms with van der Waals surface area (Å²) in [6.45, 7) is 0. The summed E-state index contributed by atoms with van der Waals surface area (Å²) in [5.41, 5.74) is -0.854. The maximum atomic E-state index is 12.0. The number of carboxylic acids is 1. The van der Waals surface area contributed by atoms with Gasteiger partial charge in [-0.25, -0.2) is 9.78 Å². The van der Waals surface area contributed by atoms with E-state index in [0.29, 0.717) is 0 Å². The molecule has 1 rings (SSSR count). The second kappa shape index (κ2) is 4.90. The van der Waals surface area contributed by atoms with Gasteiger partial charge in [-0.05, 0) is 6.07 Å². The zero-order valence-electron chi connectivity index (χ0n) is 8.91. The molecule has 6 nitrogen and oxygen atoms in total. The average Bonchev–Trinajstić information content (AvgIpc) is 2.27. The van der Waals surface area contributed by atoms with Crippen molar-refractivity contribution in [2.45, 2.75) is 6.18 Å². The van der Waals surface area contributed by atoms with Gasteiger partial charge in [0.25, 0.3) is 0 Å². The number of hydrogen-bond acceptors (Lipinski definition) is 4. The Hall–Kier alpha value is -2.32. The third-order valence-corrected chi connectivity index (χ3v) is 1.80. The van der Waals surface area contributed by atoms with E-state index in [2.05, 4.69) is 9.72 Å². The molecular weight excluding hydrogens is 257 g/mol. The number of ether oxygens (including phenoxy) is 1. The van der Waals surface area contributed by atoms with Crippen molar-refractivity contribution in [2.75, 3.05) is 12.4 Å². The SMILES string of the molecule is COc1ncc(C(=O)O)cc1NC(=O)C(F)(F)F. The van der Waals surface area contributed by atoms with Crippen molar-refractivity contribution in [1.82, 2.24) is 4.98 Å². The Bertz CT molecular complexity index is 487. The van der Waals surface area contributed by atoms with Crippen molar-refractivity contribution >= 4 is 17.6 Å². The van der Waals surface area contributed by atoms with Crippen molar-refractivity contribution in [2.24, 2.45) is 0 Å². The van der Waals surface area contributed by atoms with Crippen LogP contribution in [-0.4, -0.2) is 35.3 Å². The van der Waals surface area contributed by atoms with E-state index in [1.54, 1.807) is 0 Å². The Labute approximate surface area is 98.4 Å². The fraction of sp³-hybridized carbons (Fsp3) is 0.222. The van der Waals surface area contributed by atoms with E-state index < -0.39 is 23.7 Å². The molecule has 0 spiro atoms. The number of carbonyl (C=O) groups excluding carboxylic acids is 1. The molecule has 0 atom stereocenters. The molecule has 0 bridgehead atoms. The summed E-state index contributed by atoms with van der Waals surface area (Å²) in [5, 5.41) is 10.1. The summed E-state index contributed by atoms with van der Waals surface area (Å²) in [6, 6.07) is 0.817. The van der Waals surface area contributed by atoms with Gasteiger partial charge >= 0.3 is 18.1 Å². The van der Waals surface area contributed by atoms with Gasteiger partial charge in [-0.2, -0.15) is 13.2 Å². The molecule has 1 amide bonds. The van der Waals surface area contributed by atoms with Crippen LogP contribution in [0.5, 0.6) is 5.88 Å². The third-order valence-electron chi connectivity index (χ3n) is 1.80. The number of carbonyl (C=O) groups is 2. The summed E-state index contributed by atoms with van der Waals surface area (Å²) in [7, 11) is 1.12. The number of amides is 1. The van der Waals surface area contributed by atoms with E-state index >= 15 is 0 Å². The third kappa shape index (κ3) is 3.09. The summed E-state index contributed by atoms with van der Waals surface area (Å²) >= 11 is 0. The van der Waals surface area contributed by atoms with Crippen LogP contribution in [0.15, 0.2) is 12.3 Å². The molecule has 98 valence electrons. The molecule has 0 aliphatic heterocycles. The zero-order valence-corrected chi connectivity index (χ0v) is 8.91. The number of anilines is 1. The Morgan fingerprint density at radius 1 is 1.44 bits per heavy atom. The highest BCUT2D eigenvalue weighted by Gasteiger charge is 2.39. The van der Waals surface area contributed by atoms with Crippen molar-refractivity contribution < 1.29 is 32.6 Å². The van der Waals surface area contributed by atoms with Gasteiger partial charge in [0.15, 0.2) is 0 Å². The van der Waals surface area contributed by atoms with Crippen LogP contribution in [-0.2, 0) is 4.79 Å². The molecule has 2 N–H and O–H groups in total. The molecule has 1 aromatic heterocycles. The van der Waals surface area contributed by atoms with E-state index in [9.17, 15) is 22.8 Å². The number of halogens is 3. The van der Waals surface area contributed by atoms with Crippen molar-refractivity contribution in [3.05, 3.63) is 17.8 Å². The van der Waals surface area contributed by atoms with Gasteiger partial charge in [-0.3, -0.25) is 4.79 Å².